The predicted molar refractivity (Wildman–Crippen MR) is 85.1 cm³/mol. The number of nitrogens with one attached hydrogen (secondary N) is 1. The maximum Gasteiger partial charge on any atom is 0.250 e. The molecule has 7 heteroatoms. The van der Waals surface area contributed by atoms with Gasteiger partial charge in [-0.15, -0.1) is 11.3 Å². The second kappa shape index (κ2) is 7.69. The summed E-state index contributed by atoms with van der Waals surface area (Å²) >= 11 is 1.24. The molecule has 1 aliphatic rings. The van der Waals surface area contributed by atoms with Crippen LogP contribution in [-0.2, 0) is 16.4 Å². The van der Waals surface area contributed by atoms with Gasteiger partial charge in [0.1, 0.15) is 4.21 Å². The SMILES string of the molecule is CCN1CCC(CNS(=O)(=O)c2ccc(CCO)s2)CC1. The number of aliphatic hydroxyl groups is 1. The van der Waals surface area contributed by atoms with E-state index in [1.54, 1.807) is 12.1 Å². The van der Waals surface area contributed by atoms with Gasteiger partial charge in [-0.2, -0.15) is 0 Å². The van der Waals surface area contributed by atoms with Crippen molar-refractivity contribution in [2.24, 2.45) is 5.92 Å². The molecule has 0 saturated carbocycles. The van der Waals surface area contributed by atoms with Gasteiger partial charge in [-0.05, 0) is 50.5 Å². The maximum atomic E-state index is 12.2. The third kappa shape index (κ3) is 4.75. The highest BCUT2D eigenvalue weighted by Gasteiger charge is 2.22. The number of aliphatic hydroxyl groups excluding tert-OH is 1. The van der Waals surface area contributed by atoms with Crippen molar-refractivity contribution in [1.82, 2.24) is 9.62 Å². The molecular weight excluding hydrogens is 308 g/mol. The molecule has 0 amide bonds. The Hall–Kier alpha value is -0.470. The van der Waals surface area contributed by atoms with E-state index in [1.807, 2.05) is 0 Å². The van der Waals surface area contributed by atoms with Crippen molar-refractivity contribution in [2.75, 3.05) is 32.8 Å². The van der Waals surface area contributed by atoms with Crippen molar-refractivity contribution in [2.45, 2.75) is 30.4 Å². The number of thiophene rings is 1. The number of sulfonamides is 1. The smallest absolute Gasteiger partial charge is 0.250 e. The van der Waals surface area contributed by atoms with Crippen molar-refractivity contribution in [3.8, 4) is 0 Å². The second-order valence-electron chi connectivity index (χ2n) is 5.42. The van der Waals surface area contributed by atoms with Gasteiger partial charge in [0.2, 0.25) is 10.0 Å². The lowest BCUT2D eigenvalue weighted by Gasteiger charge is -2.30. The zero-order valence-electron chi connectivity index (χ0n) is 12.4. The molecule has 0 bridgehead atoms. The summed E-state index contributed by atoms with van der Waals surface area (Å²) in [4.78, 5) is 3.29. The van der Waals surface area contributed by atoms with Gasteiger partial charge in [-0.1, -0.05) is 6.92 Å². The van der Waals surface area contributed by atoms with E-state index in [9.17, 15) is 8.42 Å². The first-order valence-electron chi connectivity index (χ1n) is 7.46. The second-order valence-corrected chi connectivity index (χ2v) is 8.59. The Labute approximate surface area is 131 Å². The van der Waals surface area contributed by atoms with Crippen molar-refractivity contribution in [1.29, 1.82) is 0 Å². The number of nitrogens with zero attached hydrogens (tertiary/aromatic N) is 1. The summed E-state index contributed by atoms with van der Waals surface area (Å²) in [6.07, 6.45) is 2.61. The van der Waals surface area contributed by atoms with Gasteiger partial charge in [0.25, 0.3) is 0 Å². The summed E-state index contributed by atoms with van der Waals surface area (Å²) in [5.41, 5.74) is 0. The first kappa shape index (κ1) is 16.9. The van der Waals surface area contributed by atoms with Crippen molar-refractivity contribution < 1.29 is 13.5 Å². The predicted octanol–water partition coefficient (Wildman–Crippen LogP) is 1.29. The third-order valence-corrected chi connectivity index (χ3v) is 7.04. The fourth-order valence-corrected chi connectivity index (χ4v) is 5.06. The molecule has 0 atom stereocenters. The number of hydrogen-bond acceptors (Lipinski definition) is 5. The fourth-order valence-electron chi connectivity index (χ4n) is 2.55. The lowest BCUT2D eigenvalue weighted by atomic mass is 9.97. The van der Waals surface area contributed by atoms with Crippen LogP contribution >= 0.6 is 11.3 Å². The highest BCUT2D eigenvalue weighted by Crippen LogP contribution is 2.23. The van der Waals surface area contributed by atoms with Crippen LogP contribution in [0.5, 0.6) is 0 Å². The third-order valence-electron chi connectivity index (χ3n) is 3.98. The fraction of sp³-hybridized carbons (Fsp3) is 0.714. The van der Waals surface area contributed by atoms with E-state index in [0.29, 0.717) is 23.1 Å². The number of piperidine rings is 1. The minimum atomic E-state index is -3.40. The molecule has 21 heavy (non-hydrogen) atoms. The first-order chi connectivity index (χ1) is 10.0. The van der Waals surface area contributed by atoms with Gasteiger partial charge < -0.3 is 10.0 Å². The summed E-state index contributed by atoms with van der Waals surface area (Å²) in [5, 5.41) is 8.88. The Balaban J connectivity index is 1.86. The molecule has 0 aliphatic carbocycles. The minimum Gasteiger partial charge on any atom is -0.396 e. The van der Waals surface area contributed by atoms with Crippen LogP contribution in [0.15, 0.2) is 16.3 Å². The standard InChI is InChI=1S/C14H24N2O3S2/c1-2-16-8-5-12(6-9-16)11-15-21(18,19)14-4-3-13(20-14)7-10-17/h3-4,12,15,17H,2,5-11H2,1H3. The van der Waals surface area contributed by atoms with Crippen LogP contribution in [0.25, 0.3) is 0 Å². The van der Waals surface area contributed by atoms with Gasteiger partial charge in [0, 0.05) is 24.4 Å². The van der Waals surface area contributed by atoms with Crippen LogP contribution in [0.1, 0.15) is 24.6 Å². The normalized spacial score (nSPS) is 18.2. The van der Waals surface area contributed by atoms with Crippen LogP contribution in [-0.4, -0.2) is 51.2 Å². The summed E-state index contributed by atoms with van der Waals surface area (Å²) < 4.78 is 27.6. The molecule has 1 aromatic rings. The highest BCUT2D eigenvalue weighted by atomic mass is 32.2. The topological polar surface area (TPSA) is 69.6 Å². The van der Waals surface area contributed by atoms with Gasteiger partial charge >= 0.3 is 0 Å². The van der Waals surface area contributed by atoms with E-state index in [0.717, 1.165) is 37.4 Å². The number of hydrogen-bond donors (Lipinski definition) is 2. The van der Waals surface area contributed by atoms with Gasteiger partial charge in [-0.25, -0.2) is 13.1 Å². The molecule has 1 aliphatic heterocycles. The van der Waals surface area contributed by atoms with E-state index in [2.05, 4.69) is 16.5 Å². The molecule has 1 saturated heterocycles. The van der Waals surface area contributed by atoms with Crippen LogP contribution in [0.3, 0.4) is 0 Å². The average molecular weight is 332 g/mol. The van der Waals surface area contributed by atoms with Crippen LogP contribution in [0.2, 0.25) is 0 Å². The van der Waals surface area contributed by atoms with Crippen molar-refractivity contribution >= 4 is 21.4 Å². The molecule has 1 fully saturated rings. The van der Waals surface area contributed by atoms with Crippen molar-refractivity contribution in [3.63, 3.8) is 0 Å². The summed E-state index contributed by atoms with van der Waals surface area (Å²) in [7, 11) is -3.40. The summed E-state index contributed by atoms with van der Waals surface area (Å²) in [6, 6.07) is 3.40. The molecule has 1 aromatic heterocycles. The molecule has 0 radical (unpaired) electrons. The quantitative estimate of drug-likeness (QED) is 0.789. The Morgan fingerprint density at radius 1 is 1.38 bits per heavy atom. The molecular formula is C14H24N2O3S2. The van der Waals surface area contributed by atoms with Gasteiger partial charge in [-0.3, -0.25) is 0 Å². The Morgan fingerprint density at radius 2 is 2.10 bits per heavy atom. The molecule has 0 aromatic carbocycles. The van der Waals surface area contributed by atoms with Crippen LogP contribution < -0.4 is 4.72 Å². The number of rotatable bonds is 7. The van der Waals surface area contributed by atoms with Crippen molar-refractivity contribution in [3.05, 3.63) is 17.0 Å². The molecule has 5 nitrogen and oxygen atoms in total. The Morgan fingerprint density at radius 3 is 2.71 bits per heavy atom. The van der Waals surface area contributed by atoms with Gasteiger partial charge in [0.05, 0.1) is 0 Å². The monoisotopic (exact) mass is 332 g/mol. The highest BCUT2D eigenvalue weighted by molar-refractivity contribution is 7.91. The lowest BCUT2D eigenvalue weighted by molar-refractivity contribution is 0.194. The zero-order chi connectivity index (χ0) is 15.3. The van der Waals surface area contributed by atoms with Crippen LogP contribution in [0.4, 0.5) is 0 Å². The molecule has 2 rings (SSSR count). The maximum absolute atomic E-state index is 12.2. The summed E-state index contributed by atoms with van der Waals surface area (Å²) in [6.45, 7) is 5.91. The van der Waals surface area contributed by atoms with E-state index in [4.69, 9.17) is 5.11 Å². The zero-order valence-corrected chi connectivity index (χ0v) is 14.0. The minimum absolute atomic E-state index is 0.0451. The largest absolute Gasteiger partial charge is 0.396 e. The lowest BCUT2D eigenvalue weighted by Crippen LogP contribution is -2.38. The Kier molecular flexibility index (Phi) is 6.19. The van der Waals surface area contributed by atoms with E-state index >= 15 is 0 Å². The molecule has 2 heterocycles. The number of likely N-dealkylation sites (tertiary alicyclic amines) is 1. The molecule has 0 unspecified atom stereocenters. The molecule has 120 valence electrons. The molecule has 0 spiro atoms. The van der Waals surface area contributed by atoms with E-state index < -0.39 is 10.0 Å². The van der Waals surface area contributed by atoms with E-state index in [-0.39, 0.29) is 6.61 Å². The van der Waals surface area contributed by atoms with Crippen LogP contribution in [0, 0.1) is 5.92 Å². The van der Waals surface area contributed by atoms with Gasteiger partial charge in [0.15, 0.2) is 0 Å². The Bertz CT molecular complexity index is 534. The first-order valence-corrected chi connectivity index (χ1v) is 9.76. The molecule has 2 N–H and O–H groups in total. The summed E-state index contributed by atoms with van der Waals surface area (Å²) in [5.74, 6) is 0.430. The average Bonchev–Trinajstić information content (AvgIpc) is 2.96. The van der Waals surface area contributed by atoms with E-state index in [1.165, 1.54) is 11.3 Å².